The Morgan fingerprint density at radius 3 is 2.47 bits per heavy atom. The predicted octanol–water partition coefficient (Wildman–Crippen LogP) is 4.67. The summed E-state index contributed by atoms with van der Waals surface area (Å²) in [6, 6.07) is 8.66. The molecule has 0 amide bonds. The molecular formula is C13H10ClF2N. The third-order valence-electron chi connectivity index (χ3n) is 2.40. The number of hydrogen-bond acceptors (Lipinski definition) is 1. The summed E-state index contributed by atoms with van der Waals surface area (Å²) in [5.41, 5.74) is 1.85. The molecule has 88 valence electrons. The van der Waals surface area contributed by atoms with E-state index in [0.29, 0.717) is 10.7 Å². The van der Waals surface area contributed by atoms with Crippen LogP contribution in [0.2, 0.25) is 5.02 Å². The van der Waals surface area contributed by atoms with E-state index in [0.717, 1.165) is 11.6 Å². The van der Waals surface area contributed by atoms with Gasteiger partial charge in [0.2, 0.25) is 0 Å². The molecule has 0 aliphatic rings. The van der Waals surface area contributed by atoms with E-state index in [-0.39, 0.29) is 5.69 Å². The highest BCUT2D eigenvalue weighted by Crippen LogP contribution is 2.25. The van der Waals surface area contributed by atoms with Gasteiger partial charge in [-0.25, -0.2) is 8.78 Å². The lowest BCUT2D eigenvalue weighted by molar-refractivity contribution is 0.586. The third kappa shape index (κ3) is 2.74. The summed E-state index contributed by atoms with van der Waals surface area (Å²) >= 11 is 5.85. The van der Waals surface area contributed by atoms with Crippen molar-refractivity contribution in [3.8, 4) is 0 Å². The fraction of sp³-hybridized carbons (Fsp3) is 0.0769. The first-order chi connectivity index (χ1) is 8.06. The van der Waals surface area contributed by atoms with Crippen molar-refractivity contribution in [2.75, 3.05) is 5.32 Å². The Kier molecular flexibility index (Phi) is 3.29. The van der Waals surface area contributed by atoms with Crippen LogP contribution in [0, 0.1) is 18.6 Å². The molecule has 0 heterocycles. The first-order valence-corrected chi connectivity index (χ1v) is 5.42. The topological polar surface area (TPSA) is 12.0 Å². The number of nitrogens with one attached hydrogen (secondary N) is 1. The van der Waals surface area contributed by atoms with Crippen LogP contribution in [0.15, 0.2) is 36.4 Å². The maximum Gasteiger partial charge on any atom is 0.149 e. The molecule has 1 N–H and O–H groups in total. The second-order valence-electron chi connectivity index (χ2n) is 3.71. The second-order valence-corrected chi connectivity index (χ2v) is 4.14. The largest absolute Gasteiger partial charge is 0.353 e. The molecule has 0 spiro atoms. The summed E-state index contributed by atoms with van der Waals surface area (Å²) in [5.74, 6) is -1.24. The number of hydrogen-bond donors (Lipinski definition) is 1. The summed E-state index contributed by atoms with van der Waals surface area (Å²) in [4.78, 5) is 0. The SMILES string of the molecule is Cc1ccc(Cl)cc1Nc1ccc(F)cc1F. The zero-order valence-corrected chi connectivity index (χ0v) is 9.85. The lowest BCUT2D eigenvalue weighted by Crippen LogP contribution is -1.96. The van der Waals surface area contributed by atoms with Gasteiger partial charge < -0.3 is 5.32 Å². The summed E-state index contributed by atoms with van der Waals surface area (Å²) in [6.45, 7) is 1.88. The Morgan fingerprint density at radius 2 is 1.76 bits per heavy atom. The highest BCUT2D eigenvalue weighted by atomic mass is 35.5. The van der Waals surface area contributed by atoms with Crippen LogP contribution in [-0.2, 0) is 0 Å². The lowest BCUT2D eigenvalue weighted by Gasteiger charge is -2.10. The molecule has 2 aromatic rings. The van der Waals surface area contributed by atoms with Crippen molar-refractivity contribution >= 4 is 23.0 Å². The van der Waals surface area contributed by atoms with Crippen LogP contribution in [0.3, 0.4) is 0 Å². The van der Waals surface area contributed by atoms with Crippen LogP contribution in [-0.4, -0.2) is 0 Å². The normalized spacial score (nSPS) is 10.4. The molecular weight excluding hydrogens is 244 g/mol. The van der Waals surface area contributed by atoms with Crippen LogP contribution < -0.4 is 5.32 Å². The minimum atomic E-state index is -0.635. The Bertz CT molecular complexity index is 555. The molecule has 2 rings (SSSR count). The van der Waals surface area contributed by atoms with E-state index in [1.54, 1.807) is 12.1 Å². The Balaban J connectivity index is 2.34. The Hall–Kier alpha value is -1.61. The van der Waals surface area contributed by atoms with E-state index in [4.69, 9.17) is 11.6 Å². The van der Waals surface area contributed by atoms with Gasteiger partial charge in [-0.1, -0.05) is 17.7 Å². The van der Waals surface area contributed by atoms with Crippen molar-refractivity contribution in [3.63, 3.8) is 0 Å². The van der Waals surface area contributed by atoms with Crippen LogP contribution in [0.5, 0.6) is 0 Å². The van der Waals surface area contributed by atoms with E-state index in [9.17, 15) is 8.78 Å². The van der Waals surface area contributed by atoms with Gasteiger partial charge in [-0.15, -0.1) is 0 Å². The van der Waals surface area contributed by atoms with Gasteiger partial charge in [0, 0.05) is 16.8 Å². The standard InChI is InChI=1S/C13H10ClF2N/c1-8-2-3-9(14)6-13(8)17-12-5-4-10(15)7-11(12)16/h2-7,17H,1H3. The highest BCUT2D eigenvalue weighted by molar-refractivity contribution is 6.30. The molecule has 0 unspecified atom stereocenters. The fourth-order valence-electron chi connectivity index (χ4n) is 1.46. The Morgan fingerprint density at radius 1 is 1.00 bits per heavy atom. The van der Waals surface area contributed by atoms with Crippen molar-refractivity contribution in [1.29, 1.82) is 0 Å². The van der Waals surface area contributed by atoms with Gasteiger partial charge in [-0.3, -0.25) is 0 Å². The molecule has 0 aromatic heterocycles. The second kappa shape index (κ2) is 4.72. The molecule has 1 nitrogen and oxygen atoms in total. The minimum absolute atomic E-state index is 0.219. The molecule has 0 aliphatic carbocycles. The average Bonchev–Trinajstić information content (AvgIpc) is 2.27. The monoisotopic (exact) mass is 253 g/mol. The molecule has 4 heteroatoms. The zero-order chi connectivity index (χ0) is 12.4. The van der Waals surface area contributed by atoms with Crippen molar-refractivity contribution in [1.82, 2.24) is 0 Å². The number of halogens is 3. The molecule has 0 fully saturated rings. The lowest BCUT2D eigenvalue weighted by atomic mass is 10.2. The van der Waals surface area contributed by atoms with Gasteiger partial charge in [-0.05, 0) is 36.8 Å². The number of aryl methyl sites for hydroxylation is 1. The van der Waals surface area contributed by atoms with Crippen molar-refractivity contribution in [3.05, 3.63) is 58.6 Å². The molecule has 2 aromatic carbocycles. The van der Waals surface area contributed by atoms with E-state index in [1.807, 2.05) is 13.0 Å². The van der Waals surface area contributed by atoms with Crippen molar-refractivity contribution in [2.45, 2.75) is 6.92 Å². The minimum Gasteiger partial charge on any atom is -0.353 e. The average molecular weight is 254 g/mol. The van der Waals surface area contributed by atoms with E-state index < -0.39 is 11.6 Å². The first kappa shape index (κ1) is 11.9. The zero-order valence-electron chi connectivity index (χ0n) is 9.10. The van der Waals surface area contributed by atoms with Gasteiger partial charge in [0.15, 0.2) is 0 Å². The van der Waals surface area contributed by atoms with Crippen LogP contribution in [0.25, 0.3) is 0 Å². The smallest absolute Gasteiger partial charge is 0.149 e. The van der Waals surface area contributed by atoms with Crippen LogP contribution >= 0.6 is 11.6 Å². The van der Waals surface area contributed by atoms with E-state index in [2.05, 4.69) is 5.32 Å². The van der Waals surface area contributed by atoms with Gasteiger partial charge in [0.25, 0.3) is 0 Å². The van der Waals surface area contributed by atoms with E-state index >= 15 is 0 Å². The number of anilines is 2. The van der Waals surface area contributed by atoms with Crippen LogP contribution in [0.4, 0.5) is 20.2 Å². The summed E-state index contributed by atoms with van der Waals surface area (Å²) < 4.78 is 26.2. The quantitative estimate of drug-likeness (QED) is 0.820. The van der Waals surface area contributed by atoms with Crippen molar-refractivity contribution < 1.29 is 8.78 Å². The van der Waals surface area contributed by atoms with Crippen LogP contribution in [0.1, 0.15) is 5.56 Å². The molecule has 0 radical (unpaired) electrons. The Labute approximate surface area is 103 Å². The number of rotatable bonds is 2. The maximum atomic E-state index is 13.4. The molecule has 17 heavy (non-hydrogen) atoms. The molecule has 0 atom stereocenters. The molecule has 0 saturated heterocycles. The van der Waals surface area contributed by atoms with E-state index in [1.165, 1.54) is 12.1 Å². The van der Waals surface area contributed by atoms with Gasteiger partial charge in [0.05, 0.1) is 5.69 Å². The maximum absolute atomic E-state index is 13.4. The molecule has 0 aliphatic heterocycles. The summed E-state index contributed by atoms with van der Waals surface area (Å²) in [5, 5.41) is 3.44. The molecule has 0 bridgehead atoms. The summed E-state index contributed by atoms with van der Waals surface area (Å²) in [6.07, 6.45) is 0. The summed E-state index contributed by atoms with van der Waals surface area (Å²) in [7, 11) is 0. The highest BCUT2D eigenvalue weighted by Gasteiger charge is 2.06. The van der Waals surface area contributed by atoms with Gasteiger partial charge >= 0.3 is 0 Å². The third-order valence-corrected chi connectivity index (χ3v) is 2.64. The molecule has 0 saturated carbocycles. The van der Waals surface area contributed by atoms with Gasteiger partial charge in [0.1, 0.15) is 11.6 Å². The first-order valence-electron chi connectivity index (χ1n) is 5.04. The predicted molar refractivity (Wildman–Crippen MR) is 65.8 cm³/mol. The van der Waals surface area contributed by atoms with Crippen molar-refractivity contribution in [2.24, 2.45) is 0 Å². The fourth-order valence-corrected chi connectivity index (χ4v) is 1.64. The van der Waals surface area contributed by atoms with Gasteiger partial charge in [-0.2, -0.15) is 0 Å². The number of benzene rings is 2.